The van der Waals surface area contributed by atoms with Gasteiger partial charge in [0, 0.05) is 16.3 Å². The van der Waals surface area contributed by atoms with Crippen LogP contribution >= 0.6 is 23.4 Å². The van der Waals surface area contributed by atoms with Crippen LogP contribution in [0.3, 0.4) is 0 Å². The van der Waals surface area contributed by atoms with Crippen LogP contribution in [0.1, 0.15) is 25.0 Å². The van der Waals surface area contributed by atoms with E-state index in [0.717, 1.165) is 22.2 Å². The number of benzene rings is 2. The number of esters is 1. The molecule has 0 aliphatic carbocycles. The highest BCUT2D eigenvalue weighted by Crippen LogP contribution is 2.34. The van der Waals surface area contributed by atoms with Gasteiger partial charge >= 0.3 is 5.97 Å². The van der Waals surface area contributed by atoms with Crippen molar-refractivity contribution in [2.24, 2.45) is 0 Å². The van der Waals surface area contributed by atoms with Crippen LogP contribution in [0.25, 0.3) is 6.08 Å². The molecule has 1 heterocycles. The number of carbonyl (C=O) groups excluding carboxylic acids is 4. The van der Waals surface area contributed by atoms with E-state index in [1.54, 1.807) is 56.3 Å². The molecule has 1 aliphatic rings. The molecule has 3 amide bonds. The lowest BCUT2D eigenvalue weighted by Crippen LogP contribution is -2.35. The molecule has 1 fully saturated rings. The quantitative estimate of drug-likeness (QED) is 0.414. The third-order valence-corrected chi connectivity index (χ3v) is 5.86. The van der Waals surface area contributed by atoms with Gasteiger partial charge in [0.05, 0.1) is 11.0 Å². The Morgan fingerprint density at radius 2 is 1.91 bits per heavy atom. The summed E-state index contributed by atoms with van der Waals surface area (Å²) in [6, 6.07) is 12.0. The third-order valence-electron chi connectivity index (χ3n) is 4.55. The van der Waals surface area contributed by atoms with Crippen molar-refractivity contribution in [3.63, 3.8) is 0 Å². The zero-order valence-electron chi connectivity index (χ0n) is 18.8. The van der Waals surface area contributed by atoms with E-state index in [9.17, 15) is 19.2 Å². The molecular formula is C24H23ClN2O6S. The van der Waals surface area contributed by atoms with Crippen molar-refractivity contribution < 1.29 is 28.7 Å². The summed E-state index contributed by atoms with van der Waals surface area (Å²) in [4.78, 5) is 50.1. The first kappa shape index (κ1) is 25.3. The van der Waals surface area contributed by atoms with Crippen LogP contribution in [0, 0.1) is 6.92 Å². The Kier molecular flexibility index (Phi) is 8.36. The molecule has 34 heavy (non-hydrogen) atoms. The van der Waals surface area contributed by atoms with Gasteiger partial charge in [-0.25, -0.2) is 0 Å². The minimum absolute atomic E-state index is 0.136. The number of nitrogens with zero attached hydrogens (tertiary/aromatic N) is 1. The first-order chi connectivity index (χ1) is 16.1. The lowest BCUT2D eigenvalue weighted by atomic mass is 10.2. The molecule has 0 saturated carbocycles. The minimum Gasteiger partial charge on any atom is -0.483 e. The number of carbonyl (C=O) groups is 4. The van der Waals surface area contributed by atoms with Crippen LogP contribution in [-0.2, 0) is 19.1 Å². The van der Waals surface area contributed by atoms with Gasteiger partial charge in [0.1, 0.15) is 12.3 Å². The number of para-hydroxylation sites is 1. The zero-order valence-corrected chi connectivity index (χ0v) is 20.4. The number of thioether (sulfide) groups is 1. The summed E-state index contributed by atoms with van der Waals surface area (Å²) in [5.41, 5.74) is 1.94. The molecule has 0 aromatic heterocycles. The van der Waals surface area contributed by atoms with E-state index >= 15 is 0 Å². The van der Waals surface area contributed by atoms with E-state index in [1.165, 1.54) is 6.08 Å². The number of ether oxygens (including phenoxy) is 2. The van der Waals surface area contributed by atoms with E-state index in [2.05, 4.69) is 5.32 Å². The summed E-state index contributed by atoms with van der Waals surface area (Å²) in [6.07, 6.45) is 1.14. The maximum Gasteiger partial charge on any atom is 0.326 e. The maximum absolute atomic E-state index is 12.7. The number of imide groups is 1. The molecule has 2 aromatic rings. The second-order valence-electron chi connectivity index (χ2n) is 7.65. The van der Waals surface area contributed by atoms with E-state index in [4.69, 9.17) is 21.1 Å². The molecule has 8 nitrogen and oxygen atoms in total. The van der Waals surface area contributed by atoms with Gasteiger partial charge in [0.15, 0.2) is 6.61 Å². The Labute approximate surface area is 206 Å². The molecule has 0 spiro atoms. The number of hydrogen-bond donors (Lipinski definition) is 1. The first-order valence-corrected chi connectivity index (χ1v) is 11.6. The number of amides is 3. The van der Waals surface area contributed by atoms with Crippen molar-refractivity contribution in [2.45, 2.75) is 26.9 Å². The molecule has 1 aliphatic heterocycles. The molecular weight excluding hydrogens is 480 g/mol. The molecule has 0 radical (unpaired) electrons. The van der Waals surface area contributed by atoms with Gasteiger partial charge in [-0.2, -0.15) is 0 Å². The highest BCUT2D eigenvalue weighted by molar-refractivity contribution is 8.18. The third kappa shape index (κ3) is 6.61. The molecule has 2 aromatic carbocycles. The average Bonchev–Trinajstić information content (AvgIpc) is 3.02. The molecule has 3 rings (SSSR count). The normalized spacial score (nSPS) is 14.6. The largest absolute Gasteiger partial charge is 0.483 e. The highest BCUT2D eigenvalue weighted by atomic mass is 35.5. The van der Waals surface area contributed by atoms with E-state index in [-0.39, 0.29) is 17.6 Å². The number of hydrogen-bond acceptors (Lipinski definition) is 7. The maximum atomic E-state index is 12.7. The zero-order chi connectivity index (χ0) is 24.8. The van der Waals surface area contributed by atoms with Crippen molar-refractivity contribution in [2.75, 3.05) is 18.5 Å². The number of aryl methyl sites for hydroxylation is 1. The smallest absolute Gasteiger partial charge is 0.326 e. The first-order valence-electron chi connectivity index (χ1n) is 10.4. The van der Waals surface area contributed by atoms with Crippen molar-refractivity contribution in [3.05, 3.63) is 63.5 Å². The standard InChI is InChI=1S/C24H23ClN2O6S/c1-14(2)33-22(29)12-27-23(30)20(34-24(27)31)10-16-6-4-5-7-19(16)32-13-21(28)26-17-9-8-15(3)18(25)11-17/h4-11,14H,12-13H2,1-3H3,(H,26,28)/b20-10-. The second kappa shape index (κ2) is 11.2. The monoisotopic (exact) mass is 502 g/mol. The molecule has 178 valence electrons. The summed E-state index contributed by atoms with van der Waals surface area (Å²) < 4.78 is 10.7. The Morgan fingerprint density at radius 1 is 1.18 bits per heavy atom. The van der Waals surface area contributed by atoms with Crippen LogP contribution < -0.4 is 10.1 Å². The summed E-state index contributed by atoms with van der Waals surface area (Å²) in [5.74, 6) is -1.30. The van der Waals surface area contributed by atoms with Crippen molar-refractivity contribution in [1.82, 2.24) is 4.90 Å². The predicted octanol–water partition coefficient (Wildman–Crippen LogP) is 4.65. The Hall–Kier alpha value is -3.30. The molecule has 0 unspecified atom stereocenters. The number of halogens is 1. The summed E-state index contributed by atoms with van der Waals surface area (Å²) in [7, 11) is 0. The summed E-state index contributed by atoms with van der Waals surface area (Å²) in [6.45, 7) is 4.48. The molecule has 1 saturated heterocycles. The number of nitrogens with one attached hydrogen (secondary N) is 1. The van der Waals surface area contributed by atoms with Gasteiger partial charge in [-0.1, -0.05) is 35.9 Å². The van der Waals surface area contributed by atoms with Crippen LogP contribution in [0.4, 0.5) is 10.5 Å². The number of anilines is 1. The second-order valence-corrected chi connectivity index (χ2v) is 9.05. The number of rotatable bonds is 8. The van der Waals surface area contributed by atoms with Gasteiger partial charge < -0.3 is 14.8 Å². The van der Waals surface area contributed by atoms with Crippen LogP contribution in [0.2, 0.25) is 5.02 Å². The van der Waals surface area contributed by atoms with Crippen LogP contribution in [0.5, 0.6) is 5.75 Å². The Bertz CT molecular complexity index is 1160. The SMILES string of the molecule is Cc1ccc(NC(=O)COc2ccccc2/C=C2\SC(=O)N(CC(=O)OC(C)C)C2=O)cc1Cl. The van der Waals surface area contributed by atoms with Crippen molar-refractivity contribution >= 4 is 58.1 Å². The van der Waals surface area contributed by atoms with Crippen LogP contribution in [-0.4, -0.2) is 47.2 Å². The van der Waals surface area contributed by atoms with Crippen molar-refractivity contribution in [3.8, 4) is 5.75 Å². The fourth-order valence-corrected chi connectivity index (χ4v) is 3.96. The van der Waals surface area contributed by atoms with Gasteiger partial charge in [0.2, 0.25) is 0 Å². The molecule has 1 N–H and O–H groups in total. The van der Waals surface area contributed by atoms with Crippen molar-refractivity contribution in [1.29, 1.82) is 0 Å². The predicted molar refractivity (Wildman–Crippen MR) is 131 cm³/mol. The summed E-state index contributed by atoms with van der Waals surface area (Å²) >= 11 is 6.80. The van der Waals surface area contributed by atoms with Gasteiger partial charge in [-0.05, 0) is 62.4 Å². The average molecular weight is 503 g/mol. The van der Waals surface area contributed by atoms with E-state index in [1.807, 2.05) is 6.92 Å². The summed E-state index contributed by atoms with van der Waals surface area (Å²) in [5, 5.41) is 2.68. The Balaban J connectivity index is 1.67. The molecule has 0 atom stereocenters. The lowest BCUT2D eigenvalue weighted by Gasteiger charge is -2.13. The minimum atomic E-state index is -0.664. The van der Waals surface area contributed by atoms with E-state index in [0.29, 0.717) is 22.0 Å². The fraction of sp³-hybridized carbons (Fsp3) is 0.250. The lowest BCUT2D eigenvalue weighted by molar-refractivity contribution is -0.149. The van der Waals surface area contributed by atoms with Gasteiger partial charge in [-0.3, -0.25) is 24.1 Å². The Morgan fingerprint density at radius 3 is 2.62 bits per heavy atom. The molecule has 0 bridgehead atoms. The van der Waals surface area contributed by atoms with Gasteiger partial charge in [0.25, 0.3) is 17.1 Å². The topological polar surface area (TPSA) is 102 Å². The van der Waals surface area contributed by atoms with Gasteiger partial charge in [-0.15, -0.1) is 0 Å². The fourth-order valence-electron chi connectivity index (χ4n) is 2.95. The van der Waals surface area contributed by atoms with E-state index < -0.39 is 29.6 Å². The highest BCUT2D eigenvalue weighted by Gasteiger charge is 2.37. The van der Waals surface area contributed by atoms with Crippen LogP contribution in [0.15, 0.2) is 47.4 Å². The molecule has 10 heteroatoms.